The number of aromatic nitrogens is 2. The van der Waals surface area contributed by atoms with Crippen LogP contribution >= 0.6 is 0 Å². The SMILES string of the molecule is CCN(CC)C(CC(=O)O)c1cn(C)nc1C(C)(C)C. The number of carbonyl (C=O) groups is 1. The summed E-state index contributed by atoms with van der Waals surface area (Å²) in [5.41, 5.74) is 1.92. The molecule has 0 aliphatic carbocycles. The number of aryl methyl sites for hydroxylation is 1. The van der Waals surface area contributed by atoms with E-state index in [1.807, 2.05) is 13.2 Å². The Morgan fingerprint density at radius 2 is 1.95 bits per heavy atom. The van der Waals surface area contributed by atoms with Crippen molar-refractivity contribution in [3.8, 4) is 0 Å². The number of nitrogens with zero attached hydrogens (tertiary/aromatic N) is 3. The molecular weight excluding hydrogens is 254 g/mol. The molecule has 0 aliphatic rings. The van der Waals surface area contributed by atoms with Crippen LogP contribution in [0.4, 0.5) is 0 Å². The van der Waals surface area contributed by atoms with Crippen LogP contribution in [-0.4, -0.2) is 38.8 Å². The van der Waals surface area contributed by atoms with Crippen molar-refractivity contribution in [3.05, 3.63) is 17.5 Å². The zero-order valence-electron chi connectivity index (χ0n) is 13.5. The van der Waals surface area contributed by atoms with E-state index >= 15 is 0 Å². The predicted octanol–water partition coefficient (Wildman–Crippen LogP) is 2.58. The van der Waals surface area contributed by atoms with Crippen LogP contribution in [0.1, 0.15) is 58.3 Å². The summed E-state index contributed by atoms with van der Waals surface area (Å²) < 4.78 is 1.79. The maximum atomic E-state index is 11.2. The smallest absolute Gasteiger partial charge is 0.305 e. The van der Waals surface area contributed by atoms with Crippen LogP contribution in [0.2, 0.25) is 0 Å². The Morgan fingerprint density at radius 3 is 2.35 bits per heavy atom. The molecule has 5 heteroatoms. The lowest BCUT2D eigenvalue weighted by Crippen LogP contribution is -2.31. The lowest BCUT2D eigenvalue weighted by atomic mass is 9.86. The lowest BCUT2D eigenvalue weighted by molar-refractivity contribution is -0.138. The Kier molecular flexibility index (Phi) is 5.34. The van der Waals surface area contributed by atoms with E-state index in [2.05, 4.69) is 44.6 Å². The highest BCUT2D eigenvalue weighted by atomic mass is 16.4. The molecular formula is C15H27N3O2. The second-order valence-corrected chi connectivity index (χ2v) is 6.19. The van der Waals surface area contributed by atoms with Crippen molar-refractivity contribution < 1.29 is 9.90 Å². The molecule has 20 heavy (non-hydrogen) atoms. The fourth-order valence-electron chi connectivity index (χ4n) is 2.60. The maximum Gasteiger partial charge on any atom is 0.305 e. The highest BCUT2D eigenvalue weighted by molar-refractivity contribution is 5.68. The minimum absolute atomic E-state index is 0.0967. The molecule has 1 heterocycles. The zero-order valence-corrected chi connectivity index (χ0v) is 13.5. The van der Waals surface area contributed by atoms with Crippen LogP contribution in [0.5, 0.6) is 0 Å². The summed E-state index contributed by atoms with van der Waals surface area (Å²) in [7, 11) is 1.89. The highest BCUT2D eigenvalue weighted by Gasteiger charge is 2.30. The monoisotopic (exact) mass is 281 g/mol. The van der Waals surface area contributed by atoms with Gasteiger partial charge >= 0.3 is 5.97 Å². The van der Waals surface area contributed by atoms with Gasteiger partial charge in [-0.05, 0) is 13.1 Å². The van der Waals surface area contributed by atoms with Gasteiger partial charge < -0.3 is 5.11 Å². The number of hydrogen-bond donors (Lipinski definition) is 1. The lowest BCUT2D eigenvalue weighted by Gasteiger charge is -2.30. The van der Waals surface area contributed by atoms with Crippen LogP contribution in [0.3, 0.4) is 0 Å². The maximum absolute atomic E-state index is 11.2. The van der Waals surface area contributed by atoms with Gasteiger partial charge in [-0.2, -0.15) is 5.10 Å². The van der Waals surface area contributed by atoms with Crippen molar-refractivity contribution >= 4 is 5.97 Å². The molecule has 0 saturated carbocycles. The van der Waals surface area contributed by atoms with Gasteiger partial charge in [0.05, 0.1) is 12.1 Å². The molecule has 0 saturated heterocycles. The fraction of sp³-hybridized carbons (Fsp3) is 0.733. The van der Waals surface area contributed by atoms with E-state index in [9.17, 15) is 9.90 Å². The third kappa shape index (κ3) is 3.82. The van der Waals surface area contributed by atoms with Crippen LogP contribution < -0.4 is 0 Å². The number of carboxylic acids is 1. The summed E-state index contributed by atoms with van der Waals surface area (Å²) in [4.78, 5) is 13.4. The van der Waals surface area contributed by atoms with Gasteiger partial charge in [0.15, 0.2) is 0 Å². The molecule has 1 N–H and O–H groups in total. The first kappa shape index (κ1) is 16.7. The summed E-state index contributed by atoms with van der Waals surface area (Å²) in [5, 5.41) is 13.8. The predicted molar refractivity (Wildman–Crippen MR) is 79.8 cm³/mol. The molecule has 1 aromatic rings. The first-order chi connectivity index (χ1) is 9.20. The van der Waals surface area contributed by atoms with Crippen molar-refractivity contribution in [3.63, 3.8) is 0 Å². The third-order valence-electron chi connectivity index (χ3n) is 3.55. The quantitative estimate of drug-likeness (QED) is 0.870. The van der Waals surface area contributed by atoms with Gasteiger partial charge in [0.25, 0.3) is 0 Å². The van der Waals surface area contributed by atoms with E-state index in [1.165, 1.54) is 0 Å². The summed E-state index contributed by atoms with van der Waals surface area (Å²) in [6.07, 6.45) is 2.07. The Balaban J connectivity index is 3.29. The average Bonchev–Trinajstić information content (AvgIpc) is 2.70. The number of rotatable bonds is 6. The van der Waals surface area contributed by atoms with E-state index in [-0.39, 0.29) is 17.9 Å². The summed E-state index contributed by atoms with van der Waals surface area (Å²) in [6, 6.07) is -0.120. The molecule has 0 fully saturated rings. The summed E-state index contributed by atoms with van der Waals surface area (Å²) in [6.45, 7) is 12.1. The second kappa shape index (κ2) is 6.39. The number of aliphatic carboxylic acids is 1. The van der Waals surface area contributed by atoms with E-state index in [0.29, 0.717) is 0 Å². The number of hydrogen-bond acceptors (Lipinski definition) is 3. The molecule has 0 aromatic carbocycles. The molecule has 0 amide bonds. The molecule has 0 radical (unpaired) electrons. The van der Waals surface area contributed by atoms with Gasteiger partial charge in [-0.25, -0.2) is 0 Å². The molecule has 1 aromatic heterocycles. The second-order valence-electron chi connectivity index (χ2n) is 6.19. The Hall–Kier alpha value is -1.36. The van der Waals surface area contributed by atoms with Gasteiger partial charge in [-0.3, -0.25) is 14.4 Å². The first-order valence-electron chi connectivity index (χ1n) is 7.20. The Morgan fingerprint density at radius 1 is 1.40 bits per heavy atom. The van der Waals surface area contributed by atoms with E-state index in [4.69, 9.17) is 0 Å². The van der Waals surface area contributed by atoms with Crippen molar-refractivity contribution in [1.29, 1.82) is 0 Å². The van der Waals surface area contributed by atoms with Crippen LogP contribution in [-0.2, 0) is 17.3 Å². The molecule has 114 valence electrons. The van der Waals surface area contributed by atoms with Crippen LogP contribution in [0, 0.1) is 0 Å². The van der Waals surface area contributed by atoms with Crippen LogP contribution in [0.15, 0.2) is 6.20 Å². The molecule has 1 unspecified atom stereocenters. The topological polar surface area (TPSA) is 58.4 Å². The normalized spacial score (nSPS) is 13.8. The van der Waals surface area contributed by atoms with Gasteiger partial charge in [-0.15, -0.1) is 0 Å². The van der Waals surface area contributed by atoms with Crippen molar-refractivity contribution in [2.75, 3.05) is 13.1 Å². The Bertz CT molecular complexity index is 456. The van der Waals surface area contributed by atoms with E-state index in [0.717, 1.165) is 24.3 Å². The largest absolute Gasteiger partial charge is 0.481 e. The standard InChI is InChI=1S/C15H27N3O2/c1-7-18(8-2)12(9-13(19)20)11-10-17(6)16-14(11)15(3,4)5/h10,12H,7-9H2,1-6H3,(H,19,20). The summed E-state index contributed by atoms with van der Waals surface area (Å²) in [5.74, 6) is -0.773. The van der Waals surface area contributed by atoms with Gasteiger partial charge in [-0.1, -0.05) is 34.6 Å². The van der Waals surface area contributed by atoms with Gasteiger partial charge in [0.2, 0.25) is 0 Å². The molecule has 1 rings (SSSR count). The van der Waals surface area contributed by atoms with Crippen molar-refractivity contribution in [2.24, 2.45) is 7.05 Å². The van der Waals surface area contributed by atoms with Crippen molar-refractivity contribution in [1.82, 2.24) is 14.7 Å². The zero-order chi connectivity index (χ0) is 15.5. The fourth-order valence-corrected chi connectivity index (χ4v) is 2.60. The third-order valence-corrected chi connectivity index (χ3v) is 3.55. The molecule has 5 nitrogen and oxygen atoms in total. The summed E-state index contributed by atoms with van der Waals surface area (Å²) >= 11 is 0. The molecule has 0 aliphatic heterocycles. The van der Waals surface area contributed by atoms with E-state index in [1.54, 1.807) is 4.68 Å². The van der Waals surface area contributed by atoms with Gasteiger partial charge in [0, 0.05) is 30.3 Å². The average molecular weight is 281 g/mol. The molecule has 0 bridgehead atoms. The van der Waals surface area contributed by atoms with E-state index < -0.39 is 5.97 Å². The Labute approximate surface area is 121 Å². The molecule has 1 atom stereocenters. The van der Waals surface area contributed by atoms with Gasteiger partial charge in [0.1, 0.15) is 0 Å². The number of carboxylic acid groups (broad SMARTS) is 1. The highest BCUT2D eigenvalue weighted by Crippen LogP contribution is 2.33. The minimum atomic E-state index is -0.773. The minimum Gasteiger partial charge on any atom is -0.481 e. The molecule has 0 spiro atoms. The first-order valence-corrected chi connectivity index (χ1v) is 7.20. The van der Waals surface area contributed by atoms with Crippen molar-refractivity contribution in [2.45, 2.75) is 52.5 Å². The van der Waals surface area contributed by atoms with Crippen LogP contribution in [0.25, 0.3) is 0 Å².